The van der Waals surface area contributed by atoms with E-state index in [-0.39, 0.29) is 22.0 Å². The molecule has 0 fully saturated rings. The van der Waals surface area contributed by atoms with E-state index in [0.29, 0.717) is 5.75 Å². The predicted molar refractivity (Wildman–Crippen MR) is 90.7 cm³/mol. The number of nitro groups is 1. The molecule has 2 rings (SSSR count). The van der Waals surface area contributed by atoms with Gasteiger partial charge in [-0.05, 0) is 43.3 Å². The first kappa shape index (κ1) is 18.2. The maximum absolute atomic E-state index is 11.9. The van der Waals surface area contributed by atoms with E-state index in [1.54, 1.807) is 0 Å². The molecule has 0 aliphatic rings. The smallest absolute Gasteiger partial charge is 0.313 e. The average molecular weight is 364 g/mol. The molecule has 9 heteroatoms. The third kappa shape index (κ3) is 4.67. The molecule has 0 heterocycles. The fourth-order valence-corrected chi connectivity index (χ4v) is 2.04. The zero-order valence-corrected chi connectivity index (χ0v) is 13.8. The predicted octanol–water partition coefficient (Wildman–Crippen LogP) is 2.64. The molecule has 0 saturated heterocycles. The van der Waals surface area contributed by atoms with Gasteiger partial charge < -0.3 is 15.8 Å². The number of rotatable bonds is 6. The summed E-state index contributed by atoms with van der Waals surface area (Å²) in [4.78, 5) is 33.3. The highest BCUT2D eigenvalue weighted by Crippen LogP contribution is 2.33. The van der Waals surface area contributed by atoms with Crippen molar-refractivity contribution >= 4 is 29.1 Å². The van der Waals surface area contributed by atoms with Crippen molar-refractivity contribution in [3.63, 3.8) is 0 Å². The second-order valence-corrected chi connectivity index (χ2v) is 5.53. The first-order valence-corrected chi connectivity index (χ1v) is 7.47. The fourth-order valence-electron chi connectivity index (χ4n) is 1.87. The van der Waals surface area contributed by atoms with E-state index >= 15 is 0 Å². The molecule has 8 nitrogen and oxygen atoms in total. The van der Waals surface area contributed by atoms with E-state index in [0.717, 1.165) is 0 Å². The van der Waals surface area contributed by atoms with E-state index in [9.17, 15) is 19.7 Å². The quantitative estimate of drug-likeness (QED) is 0.603. The zero-order valence-electron chi connectivity index (χ0n) is 13.1. The van der Waals surface area contributed by atoms with Crippen LogP contribution in [-0.2, 0) is 4.79 Å². The number of hydrogen-bond donors (Lipinski definition) is 2. The topological polar surface area (TPSA) is 125 Å². The fraction of sp³-hybridized carbons (Fsp3) is 0.125. The van der Waals surface area contributed by atoms with Gasteiger partial charge in [-0.3, -0.25) is 19.7 Å². The van der Waals surface area contributed by atoms with Gasteiger partial charge >= 0.3 is 5.69 Å². The minimum absolute atomic E-state index is 0.0222. The number of halogens is 1. The minimum atomic E-state index is -0.805. The van der Waals surface area contributed by atoms with Gasteiger partial charge in [-0.25, -0.2) is 0 Å². The van der Waals surface area contributed by atoms with E-state index in [2.05, 4.69) is 5.32 Å². The molecule has 2 aromatic carbocycles. The Hall–Kier alpha value is -3.13. The molecule has 0 aliphatic carbocycles. The lowest BCUT2D eigenvalue weighted by Gasteiger charge is -2.11. The van der Waals surface area contributed by atoms with Crippen LogP contribution in [0.4, 0.5) is 5.69 Å². The summed E-state index contributed by atoms with van der Waals surface area (Å²) in [7, 11) is 0. The summed E-state index contributed by atoms with van der Waals surface area (Å²) in [5, 5.41) is 13.7. The molecule has 0 aromatic heterocycles. The Kier molecular flexibility index (Phi) is 5.56. The van der Waals surface area contributed by atoms with Crippen LogP contribution >= 0.6 is 11.6 Å². The molecule has 1 atom stereocenters. The van der Waals surface area contributed by atoms with Gasteiger partial charge in [0.05, 0.1) is 4.92 Å². The van der Waals surface area contributed by atoms with Crippen LogP contribution in [0.25, 0.3) is 0 Å². The van der Waals surface area contributed by atoms with Crippen molar-refractivity contribution < 1.29 is 19.2 Å². The number of carbonyl (C=O) groups excluding carboxylic acids is 2. The van der Waals surface area contributed by atoms with Gasteiger partial charge in [-0.2, -0.15) is 0 Å². The normalized spacial score (nSPS) is 11.4. The van der Waals surface area contributed by atoms with Crippen LogP contribution in [0.15, 0.2) is 42.5 Å². The molecule has 0 spiro atoms. The van der Waals surface area contributed by atoms with Gasteiger partial charge in [-0.15, -0.1) is 0 Å². The second-order valence-electron chi connectivity index (χ2n) is 5.09. The molecular formula is C16H14ClN3O5. The summed E-state index contributed by atoms with van der Waals surface area (Å²) in [5.74, 6) is -0.808. The number of hydrogen-bond acceptors (Lipinski definition) is 5. The number of nitrogens with two attached hydrogens (primary N) is 1. The van der Waals surface area contributed by atoms with Crippen molar-refractivity contribution in [1.82, 2.24) is 5.32 Å². The maximum Gasteiger partial charge on any atom is 0.313 e. The Labute approximate surface area is 147 Å². The summed E-state index contributed by atoms with van der Waals surface area (Å²) < 4.78 is 5.47. The van der Waals surface area contributed by atoms with Crippen LogP contribution in [0.1, 0.15) is 17.3 Å². The molecule has 0 saturated carbocycles. The van der Waals surface area contributed by atoms with Gasteiger partial charge in [0.2, 0.25) is 11.7 Å². The summed E-state index contributed by atoms with van der Waals surface area (Å²) in [5.41, 5.74) is 5.09. The van der Waals surface area contributed by atoms with Gasteiger partial charge in [0.15, 0.2) is 0 Å². The Balaban J connectivity index is 2.15. The van der Waals surface area contributed by atoms with Crippen LogP contribution in [0.5, 0.6) is 11.5 Å². The van der Waals surface area contributed by atoms with Crippen LogP contribution < -0.4 is 15.8 Å². The van der Waals surface area contributed by atoms with E-state index in [1.807, 2.05) is 0 Å². The van der Waals surface area contributed by atoms with Gasteiger partial charge in [0, 0.05) is 16.7 Å². The Morgan fingerprint density at radius 1 is 1.24 bits per heavy atom. The van der Waals surface area contributed by atoms with Crippen molar-refractivity contribution in [3.8, 4) is 11.5 Å². The van der Waals surface area contributed by atoms with Crippen molar-refractivity contribution in [2.24, 2.45) is 5.73 Å². The standard InChI is InChI=1S/C16H14ClN3O5/c1-9(15(18)21)19-16(22)10-2-5-12(6-3-10)25-14-7-4-11(17)8-13(14)20(23)24/h2-9H,1H3,(H2,18,21)(H,19,22). The zero-order chi connectivity index (χ0) is 18.6. The second kappa shape index (κ2) is 7.63. The number of primary amides is 1. The Morgan fingerprint density at radius 3 is 2.44 bits per heavy atom. The van der Waals surface area contributed by atoms with Crippen LogP contribution in [0, 0.1) is 10.1 Å². The lowest BCUT2D eigenvalue weighted by molar-refractivity contribution is -0.385. The number of nitrogens with one attached hydrogen (secondary N) is 1. The average Bonchev–Trinajstić information content (AvgIpc) is 2.56. The third-order valence-electron chi connectivity index (χ3n) is 3.24. The van der Waals surface area contributed by atoms with Crippen molar-refractivity contribution in [2.45, 2.75) is 13.0 Å². The molecule has 0 bridgehead atoms. The molecule has 1 unspecified atom stereocenters. The summed E-state index contributed by atoms with van der Waals surface area (Å²) in [6.07, 6.45) is 0. The molecular weight excluding hydrogens is 350 g/mol. The summed E-state index contributed by atoms with van der Waals surface area (Å²) in [6.45, 7) is 1.47. The van der Waals surface area contributed by atoms with Crippen molar-refractivity contribution in [3.05, 3.63) is 63.2 Å². The van der Waals surface area contributed by atoms with Crippen molar-refractivity contribution in [2.75, 3.05) is 0 Å². The van der Waals surface area contributed by atoms with Gasteiger partial charge in [-0.1, -0.05) is 11.6 Å². The van der Waals surface area contributed by atoms with Gasteiger partial charge in [0.25, 0.3) is 5.91 Å². The summed E-state index contributed by atoms with van der Waals surface area (Å²) in [6, 6.07) is 9.10. The summed E-state index contributed by atoms with van der Waals surface area (Å²) >= 11 is 5.75. The van der Waals surface area contributed by atoms with Gasteiger partial charge in [0.1, 0.15) is 11.8 Å². The first-order valence-electron chi connectivity index (χ1n) is 7.10. The highest BCUT2D eigenvalue weighted by atomic mass is 35.5. The number of amides is 2. The SMILES string of the molecule is CC(NC(=O)c1ccc(Oc2ccc(Cl)cc2[N+](=O)[O-])cc1)C(N)=O. The molecule has 0 radical (unpaired) electrons. The monoisotopic (exact) mass is 363 g/mol. The lowest BCUT2D eigenvalue weighted by atomic mass is 10.2. The van der Waals surface area contributed by atoms with Crippen LogP contribution in [0.3, 0.4) is 0 Å². The maximum atomic E-state index is 11.9. The number of carbonyl (C=O) groups is 2. The number of benzene rings is 2. The van der Waals surface area contributed by atoms with Crippen LogP contribution in [0.2, 0.25) is 5.02 Å². The molecule has 2 amide bonds. The molecule has 3 N–H and O–H groups in total. The van der Waals surface area contributed by atoms with Crippen molar-refractivity contribution in [1.29, 1.82) is 0 Å². The van der Waals surface area contributed by atoms with E-state index in [1.165, 1.54) is 49.4 Å². The number of ether oxygens (including phenoxy) is 1. The lowest BCUT2D eigenvalue weighted by Crippen LogP contribution is -2.42. The molecule has 25 heavy (non-hydrogen) atoms. The van der Waals surface area contributed by atoms with E-state index < -0.39 is 22.8 Å². The molecule has 130 valence electrons. The first-order chi connectivity index (χ1) is 11.8. The molecule has 0 aliphatic heterocycles. The highest BCUT2D eigenvalue weighted by molar-refractivity contribution is 6.30. The Bertz CT molecular complexity index is 823. The Morgan fingerprint density at radius 2 is 1.88 bits per heavy atom. The highest BCUT2D eigenvalue weighted by Gasteiger charge is 2.17. The minimum Gasteiger partial charge on any atom is -0.450 e. The van der Waals surface area contributed by atoms with Crippen LogP contribution in [-0.4, -0.2) is 22.8 Å². The molecule has 2 aromatic rings. The third-order valence-corrected chi connectivity index (χ3v) is 3.47. The number of nitro benzene ring substituents is 1. The van der Waals surface area contributed by atoms with E-state index in [4.69, 9.17) is 22.1 Å². The largest absolute Gasteiger partial charge is 0.450 e. The number of nitrogens with zero attached hydrogens (tertiary/aromatic N) is 1.